The molecule has 1 aliphatic heterocycles. The largest absolute Gasteiger partial charge is 0.494 e. The third kappa shape index (κ3) is 5.77. The van der Waals surface area contributed by atoms with E-state index in [1.807, 2.05) is 0 Å². The smallest absolute Gasteiger partial charge is 0.416 e. The van der Waals surface area contributed by atoms with E-state index in [9.17, 15) is 22.8 Å². The molecule has 31 heavy (non-hydrogen) atoms. The van der Waals surface area contributed by atoms with Crippen LogP contribution in [0.5, 0.6) is 5.75 Å². The van der Waals surface area contributed by atoms with Gasteiger partial charge in [-0.15, -0.1) is 0 Å². The van der Waals surface area contributed by atoms with Crippen molar-refractivity contribution < 1.29 is 27.5 Å². The Bertz CT molecular complexity index is 905. The Hall–Kier alpha value is -3.03. The van der Waals surface area contributed by atoms with Crippen LogP contribution in [0.2, 0.25) is 0 Å². The fourth-order valence-electron chi connectivity index (χ4n) is 3.33. The number of hydrogen-bond donors (Lipinski definition) is 0. The molecule has 0 atom stereocenters. The van der Waals surface area contributed by atoms with Crippen LogP contribution < -0.4 is 4.74 Å². The van der Waals surface area contributed by atoms with Gasteiger partial charge < -0.3 is 14.5 Å². The molecule has 0 aromatic heterocycles. The summed E-state index contributed by atoms with van der Waals surface area (Å²) in [7, 11) is 0. The molecule has 1 heterocycles. The van der Waals surface area contributed by atoms with Crippen LogP contribution in [0, 0.1) is 0 Å². The highest BCUT2D eigenvalue weighted by Crippen LogP contribution is 2.29. The molecule has 0 saturated carbocycles. The van der Waals surface area contributed by atoms with Crippen LogP contribution in [-0.2, 0) is 6.18 Å². The van der Waals surface area contributed by atoms with Crippen molar-refractivity contribution in [1.82, 2.24) is 9.80 Å². The first-order chi connectivity index (χ1) is 14.8. The predicted molar refractivity (Wildman–Crippen MR) is 110 cm³/mol. The number of benzene rings is 2. The van der Waals surface area contributed by atoms with Crippen molar-refractivity contribution in [2.24, 2.45) is 0 Å². The summed E-state index contributed by atoms with van der Waals surface area (Å²) in [4.78, 5) is 28.5. The average Bonchev–Trinajstić information content (AvgIpc) is 2.78. The minimum absolute atomic E-state index is 0.00624. The van der Waals surface area contributed by atoms with Gasteiger partial charge in [0.15, 0.2) is 0 Å². The molecule has 2 aromatic carbocycles. The topological polar surface area (TPSA) is 49.9 Å². The Balaban J connectivity index is 1.56. The van der Waals surface area contributed by atoms with Gasteiger partial charge in [0.1, 0.15) is 5.75 Å². The maximum absolute atomic E-state index is 12.9. The van der Waals surface area contributed by atoms with Crippen molar-refractivity contribution >= 4 is 11.8 Å². The summed E-state index contributed by atoms with van der Waals surface area (Å²) in [6.45, 7) is 3.87. The summed E-state index contributed by atoms with van der Waals surface area (Å²) in [5, 5.41) is 0. The van der Waals surface area contributed by atoms with E-state index in [2.05, 4.69) is 6.92 Å². The lowest BCUT2D eigenvalue weighted by atomic mass is 10.1. The molecular weight excluding hydrogens is 409 g/mol. The molecule has 1 fully saturated rings. The maximum atomic E-state index is 12.9. The first-order valence-corrected chi connectivity index (χ1v) is 10.3. The summed E-state index contributed by atoms with van der Waals surface area (Å²) in [6, 6.07) is 11.3. The molecule has 3 rings (SSSR count). The third-order valence-electron chi connectivity index (χ3n) is 5.16. The van der Waals surface area contributed by atoms with Crippen molar-refractivity contribution in [2.75, 3.05) is 32.8 Å². The van der Waals surface area contributed by atoms with Gasteiger partial charge >= 0.3 is 6.18 Å². The Labute approximate surface area is 179 Å². The van der Waals surface area contributed by atoms with E-state index >= 15 is 0 Å². The fourth-order valence-corrected chi connectivity index (χ4v) is 3.33. The predicted octanol–water partition coefficient (Wildman–Crippen LogP) is 4.48. The van der Waals surface area contributed by atoms with Crippen LogP contribution in [0.15, 0.2) is 48.5 Å². The van der Waals surface area contributed by atoms with Gasteiger partial charge in [-0.2, -0.15) is 13.2 Å². The fraction of sp³-hybridized carbons (Fsp3) is 0.391. The number of alkyl halides is 3. The zero-order valence-electron chi connectivity index (χ0n) is 17.3. The first-order valence-electron chi connectivity index (χ1n) is 10.3. The van der Waals surface area contributed by atoms with Crippen molar-refractivity contribution in [3.63, 3.8) is 0 Å². The van der Waals surface area contributed by atoms with E-state index in [4.69, 9.17) is 4.74 Å². The number of hydrogen-bond acceptors (Lipinski definition) is 3. The van der Waals surface area contributed by atoms with Crippen LogP contribution in [-0.4, -0.2) is 54.4 Å². The lowest BCUT2D eigenvalue weighted by Crippen LogP contribution is -2.50. The van der Waals surface area contributed by atoms with Gasteiger partial charge in [-0.3, -0.25) is 9.59 Å². The Morgan fingerprint density at radius 3 is 2.03 bits per heavy atom. The molecule has 0 radical (unpaired) electrons. The van der Waals surface area contributed by atoms with Crippen LogP contribution in [0.3, 0.4) is 0 Å². The molecule has 2 amide bonds. The Morgan fingerprint density at radius 1 is 0.903 bits per heavy atom. The maximum Gasteiger partial charge on any atom is 0.416 e. The number of rotatable bonds is 6. The molecule has 0 spiro atoms. The molecule has 0 bridgehead atoms. The van der Waals surface area contributed by atoms with E-state index in [1.165, 1.54) is 17.0 Å². The van der Waals surface area contributed by atoms with Crippen LogP contribution in [0.4, 0.5) is 13.2 Å². The summed E-state index contributed by atoms with van der Waals surface area (Å²) < 4.78 is 44.3. The summed E-state index contributed by atoms with van der Waals surface area (Å²) in [5.74, 6) is 0.0968. The first kappa shape index (κ1) is 22.7. The summed E-state index contributed by atoms with van der Waals surface area (Å²) in [6.07, 6.45) is -2.50. The average molecular weight is 434 g/mol. The van der Waals surface area contributed by atoms with E-state index in [1.54, 1.807) is 29.2 Å². The second-order valence-electron chi connectivity index (χ2n) is 7.39. The van der Waals surface area contributed by atoms with Gasteiger partial charge in [-0.05, 0) is 48.9 Å². The van der Waals surface area contributed by atoms with Crippen molar-refractivity contribution in [3.05, 3.63) is 65.2 Å². The number of carbonyl (C=O) groups is 2. The molecule has 166 valence electrons. The molecule has 2 aromatic rings. The van der Waals surface area contributed by atoms with Gasteiger partial charge in [0.2, 0.25) is 0 Å². The minimum atomic E-state index is -4.50. The number of amides is 2. The molecule has 1 aliphatic rings. The molecule has 1 saturated heterocycles. The third-order valence-corrected chi connectivity index (χ3v) is 5.16. The van der Waals surface area contributed by atoms with Crippen LogP contribution in [0.1, 0.15) is 46.0 Å². The number of halogens is 3. The number of carbonyl (C=O) groups excluding carboxylic acids is 2. The zero-order valence-corrected chi connectivity index (χ0v) is 17.3. The number of nitrogens with zero attached hydrogens (tertiary/aromatic N) is 2. The standard InChI is InChI=1S/C23H25F3N2O3/c1-2-3-15-31-20-9-7-17(8-10-20)21(29)27-11-13-28(14-12-27)22(30)18-5-4-6-19(16-18)23(24,25)26/h4-10,16H,2-3,11-15H2,1H3. The van der Waals surface area contributed by atoms with Gasteiger partial charge in [-0.1, -0.05) is 19.4 Å². The molecule has 0 unspecified atom stereocenters. The van der Waals surface area contributed by atoms with Gasteiger partial charge in [0.05, 0.1) is 12.2 Å². The number of unbranched alkanes of at least 4 members (excludes halogenated alkanes) is 1. The quantitative estimate of drug-likeness (QED) is 0.630. The highest BCUT2D eigenvalue weighted by Gasteiger charge is 2.32. The second kappa shape index (κ2) is 9.85. The molecule has 0 aliphatic carbocycles. The molecule has 5 nitrogen and oxygen atoms in total. The summed E-state index contributed by atoms with van der Waals surface area (Å²) in [5.41, 5.74) is -0.331. The van der Waals surface area contributed by atoms with E-state index in [0.717, 1.165) is 25.0 Å². The molecule has 0 N–H and O–H groups in total. The molecule has 8 heteroatoms. The normalized spacial score (nSPS) is 14.5. The Morgan fingerprint density at radius 2 is 1.48 bits per heavy atom. The lowest BCUT2D eigenvalue weighted by Gasteiger charge is -2.35. The second-order valence-corrected chi connectivity index (χ2v) is 7.39. The lowest BCUT2D eigenvalue weighted by molar-refractivity contribution is -0.137. The van der Waals surface area contributed by atoms with E-state index in [-0.39, 0.29) is 24.6 Å². The highest BCUT2D eigenvalue weighted by molar-refractivity contribution is 5.96. The van der Waals surface area contributed by atoms with Gasteiger partial charge in [-0.25, -0.2) is 0 Å². The van der Waals surface area contributed by atoms with Crippen LogP contribution in [0.25, 0.3) is 0 Å². The minimum Gasteiger partial charge on any atom is -0.494 e. The van der Waals surface area contributed by atoms with E-state index in [0.29, 0.717) is 31.0 Å². The summed E-state index contributed by atoms with van der Waals surface area (Å²) >= 11 is 0. The Kier molecular flexibility index (Phi) is 7.20. The van der Waals surface area contributed by atoms with Crippen molar-refractivity contribution in [1.29, 1.82) is 0 Å². The number of ether oxygens (including phenoxy) is 1. The molecular formula is C23H25F3N2O3. The van der Waals surface area contributed by atoms with Crippen LogP contribution >= 0.6 is 0 Å². The van der Waals surface area contributed by atoms with Gasteiger partial charge in [0, 0.05) is 37.3 Å². The SMILES string of the molecule is CCCCOc1ccc(C(=O)N2CCN(C(=O)c3cccc(C(F)(F)F)c3)CC2)cc1. The van der Waals surface area contributed by atoms with Crippen molar-refractivity contribution in [3.8, 4) is 5.75 Å². The monoisotopic (exact) mass is 434 g/mol. The highest BCUT2D eigenvalue weighted by atomic mass is 19.4. The van der Waals surface area contributed by atoms with Crippen molar-refractivity contribution in [2.45, 2.75) is 25.9 Å². The number of piperazine rings is 1. The van der Waals surface area contributed by atoms with Gasteiger partial charge in [0.25, 0.3) is 11.8 Å². The van der Waals surface area contributed by atoms with E-state index < -0.39 is 17.6 Å². The zero-order chi connectivity index (χ0) is 22.4.